The predicted molar refractivity (Wildman–Crippen MR) is 163 cm³/mol. The zero-order valence-electron chi connectivity index (χ0n) is 23.7. The highest BCUT2D eigenvalue weighted by Crippen LogP contribution is 2.22. The first-order valence-corrected chi connectivity index (χ1v) is 15.3. The molecule has 4 aromatic rings. The summed E-state index contributed by atoms with van der Waals surface area (Å²) in [6.45, 7) is 3.65. The lowest BCUT2D eigenvalue weighted by Gasteiger charge is -2.33. The number of hydrogen-bond acceptors (Lipinski definition) is 4. The van der Waals surface area contributed by atoms with E-state index in [9.17, 15) is 18.0 Å². The van der Waals surface area contributed by atoms with E-state index in [1.165, 1.54) is 11.9 Å². The Morgan fingerprint density at radius 1 is 0.805 bits per heavy atom. The first-order valence-electron chi connectivity index (χ1n) is 13.8. The maximum Gasteiger partial charge on any atom is 0.243 e. The van der Waals surface area contributed by atoms with Gasteiger partial charge in [-0.25, -0.2) is 8.42 Å². The molecule has 0 fully saturated rings. The van der Waals surface area contributed by atoms with Crippen LogP contribution in [0.3, 0.4) is 0 Å². The third-order valence-electron chi connectivity index (χ3n) is 7.25. The average Bonchev–Trinajstić information content (AvgIpc) is 2.99. The zero-order chi connectivity index (χ0) is 29.4. The Morgan fingerprint density at radius 3 is 2.02 bits per heavy atom. The molecule has 0 aromatic heterocycles. The van der Waals surface area contributed by atoms with Crippen molar-refractivity contribution in [2.45, 2.75) is 50.2 Å². The molecule has 41 heavy (non-hydrogen) atoms. The van der Waals surface area contributed by atoms with E-state index in [1.54, 1.807) is 18.2 Å². The molecule has 0 bridgehead atoms. The van der Waals surface area contributed by atoms with E-state index in [4.69, 9.17) is 0 Å². The topological polar surface area (TPSA) is 86.8 Å². The molecule has 7 nitrogen and oxygen atoms in total. The fourth-order valence-corrected chi connectivity index (χ4v) is 5.81. The lowest BCUT2D eigenvalue weighted by molar-refractivity contribution is -0.141. The smallest absolute Gasteiger partial charge is 0.243 e. The Kier molecular flexibility index (Phi) is 9.91. The number of nitrogens with one attached hydrogen (secondary N) is 1. The third-order valence-corrected chi connectivity index (χ3v) is 9.05. The minimum absolute atomic E-state index is 0.0783. The number of amides is 2. The van der Waals surface area contributed by atoms with Crippen molar-refractivity contribution in [2.24, 2.45) is 0 Å². The summed E-state index contributed by atoms with van der Waals surface area (Å²) in [5.41, 5.74) is 1.75. The Labute approximate surface area is 242 Å². The van der Waals surface area contributed by atoms with Crippen molar-refractivity contribution in [3.8, 4) is 0 Å². The number of hydrogen-bond donors (Lipinski definition) is 1. The van der Waals surface area contributed by atoms with Crippen LogP contribution >= 0.6 is 0 Å². The quantitative estimate of drug-likeness (QED) is 0.259. The van der Waals surface area contributed by atoms with Crippen LogP contribution in [0.25, 0.3) is 10.8 Å². The molecule has 0 saturated carbocycles. The van der Waals surface area contributed by atoms with Crippen LogP contribution in [0.1, 0.15) is 31.4 Å². The number of rotatable bonds is 12. The van der Waals surface area contributed by atoms with Gasteiger partial charge in [0, 0.05) is 26.1 Å². The highest BCUT2D eigenvalue weighted by Gasteiger charge is 2.33. The van der Waals surface area contributed by atoms with E-state index in [-0.39, 0.29) is 23.4 Å². The monoisotopic (exact) mass is 571 g/mol. The summed E-state index contributed by atoms with van der Waals surface area (Å²) in [6, 6.07) is 30.5. The fraction of sp³-hybridized carbons (Fsp3) is 0.273. The van der Waals surface area contributed by atoms with Crippen LogP contribution < -0.4 is 5.32 Å². The molecule has 0 spiro atoms. The molecule has 1 N–H and O–H groups in total. The number of sulfonamides is 1. The second kappa shape index (κ2) is 13.6. The van der Waals surface area contributed by atoms with E-state index < -0.39 is 28.5 Å². The van der Waals surface area contributed by atoms with Gasteiger partial charge in [0.1, 0.15) is 6.04 Å². The minimum atomic E-state index is -3.97. The summed E-state index contributed by atoms with van der Waals surface area (Å²) < 4.78 is 28.2. The van der Waals surface area contributed by atoms with E-state index in [2.05, 4.69) is 5.32 Å². The lowest BCUT2D eigenvalue weighted by atomic mass is 10.0. The summed E-state index contributed by atoms with van der Waals surface area (Å²) in [4.78, 5) is 29.2. The molecule has 2 amide bonds. The van der Waals surface area contributed by atoms with Crippen molar-refractivity contribution < 1.29 is 18.0 Å². The van der Waals surface area contributed by atoms with E-state index in [1.807, 2.05) is 98.8 Å². The van der Waals surface area contributed by atoms with Crippen molar-refractivity contribution >= 4 is 32.6 Å². The van der Waals surface area contributed by atoms with Crippen LogP contribution in [0, 0.1) is 0 Å². The van der Waals surface area contributed by atoms with Gasteiger partial charge in [0.25, 0.3) is 0 Å². The van der Waals surface area contributed by atoms with E-state index in [0.29, 0.717) is 6.42 Å². The zero-order valence-corrected chi connectivity index (χ0v) is 24.6. The Bertz CT molecular complexity index is 1580. The second-order valence-corrected chi connectivity index (χ2v) is 12.3. The standard InChI is InChI=1S/C33H37N3O4S/c1-4-25(2)34-33(38)31(21-26-13-7-5-8-14-26)36(23-27-15-9-6-10-16-27)32(37)24-35(3)41(39,40)30-20-19-28-17-11-12-18-29(28)22-30/h5-20,22,25,31H,4,21,23-24H2,1-3H3,(H,34,38)/t25-,31+/m1/s1. The molecule has 8 heteroatoms. The van der Waals surface area contributed by atoms with Gasteiger partial charge in [-0.3, -0.25) is 9.59 Å². The molecule has 0 saturated heterocycles. The van der Waals surface area contributed by atoms with Gasteiger partial charge < -0.3 is 10.2 Å². The van der Waals surface area contributed by atoms with Gasteiger partial charge in [0.2, 0.25) is 21.8 Å². The largest absolute Gasteiger partial charge is 0.352 e. The highest BCUT2D eigenvalue weighted by molar-refractivity contribution is 7.89. The Balaban J connectivity index is 1.66. The molecular weight excluding hydrogens is 534 g/mol. The van der Waals surface area contributed by atoms with Crippen LogP contribution in [0.15, 0.2) is 108 Å². The van der Waals surface area contributed by atoms with Gasteiger partial charge in [0.15, 0.2) is 0 Å². The van der Waals surface area contributed by atoms with E-state index in [0.717, 1.165) is 32.6 Å². The minimum Gasteiger partial charge on any atom is -0.352 e. The van der Waals surface area contributed by atoms with Gasteiger partial charge in [-0.15, -0.1) is 0 Å². The first-order chi connectivity index (χ1) is 19.7. The third kappa shape index (κ3) is 7.60. The number of benzene rings is 4. The first kappa shape index (κ1) is 30.0. The molecule has 214 valence electrons. The number of carbonyl (C=O) groups is 2. The maximum atomic E-state index is 14.0. The normalized spacial score (nSPS) is 13.1. The Hall–Kier alpha value is -4.01. The van der Waals surface area contributed by atoms with Crippen molar-refractivity contribution in [1.29, 1.82) is 0 Å². The summed E-state index contributed by atoms with van der Waals surface area (Å²) in [5.74, 6) is -0.728. The van der Waals surface area contributed by atoms with Gasteiger partial charge in [0.05, 0.1) is 11.4 Å². The molecule has 2 atom stereocenters. The summed E-state index contributed by atoms with van der Waals surface area (Å²) in [5, 5.41) is 4.75. The fourth-order valence-electron chi connectivity index (χ4n) is 4.65. The number of nitrogens with zero attached hydrogens (tertiary/aromatic N) is 2. The van der Waals surface area contributed by atoms with Crippen LogP contribution in [0.4, 0.5) is 0 Å². The van der Waals surface area contributed by atoms with Crippen LogP contribution in [-0.4, -0.2) is 55.1 Å². The molecular formula is C33H37N3O4S. The maximum absolute atomic E-state index is 14.0. The molecule has 0 aliphatic carbocycles. The summed E-state index contributed by atoms with van der Waals surface area (Å²) in [6.07, 6.45) is 1.03. The number of carbonyl (C=O) groups excluding carboxylic acids is 2. The molecule has 4 rings (SSSR count). The SMILES string of the molecule is CC[C@@H](C)NC(=O)[C@H](Cc1ccccc1)N(Cc1ccccc1)C(=O)CN(C)S(=O)(=O)c1ccc2ccccc2c1. The second-order valence-electron chi connectivity index (χ2n) is 10.3. The molecule has 0 unspecified atom stereocenters. The average molecular weight is 572 g/mol. The van der Waals surface area contributed by atoms with Gasteiger partial charge >= 0.3 is 0 Å². The van der Waals surface area contributed by atoms with Gasteiger partial charge in [-0.1, -0.05) is 97.9 Å². The molecule has 0 aliphatic rings. The number of likely N-dealkylation sites (N-methyl/N-ethyl adjacent to an activating group) is 1. The van der Waals surface area contributed by atoms with Gasteiger partial charge in [-0.2, -0.15) is 4.31 Å². The van der Waals surface area contributed by atoms with Crippen molar-refractivity contribution in [3.63, 3.8) is 0 Å². The van der Waals surface area contributed by atoms with Crippen molar-refractivity contribution in [2.75, 3.05) is 13.6 Å². The van der Waals surface area contributed by atoms with Crippen LogP contribution in [0.5, 0.6) is 0 Å². The highest BCUT2D eigenvalue weighted by atomic mass is 32.2. The number of fused-ring (bicyclic) bond motifs is 1. The van der Waals surface area contributed by atoms with Crippen LogP contribution in [0.2, 0.25) is 0 Å². The predicted octanol–water partition coefficient (Wildman–Crippen LogP) is 5.02. The summed E-state index contributed by atoms with van der Waals surface area (Å²) in [7, 11) is -2.58. The van der Waals surface area contributed by atoms with E-state index >= 15 is 0 Å². The molecule has 0 aliphatic heterocycles. The van der Waals surface area contributed by atoms with Crippen molar-refractivity contribution in [3.05, 3.63) is 114 Å². The van der Waals surface area contributed by atoms with Crippen molar-refractivity contribution in [1.82, 2.24) is 14.5 Å². The lowest BCUT2D eigenvalue weighted by Crippen LogP contribution is -2.54. The van der Waals surface area contributed by atoms with Gasteiger partial charge in [-0.05, 0) is 47.4 Å². The molecule has 0 radical (unpaired) electrons. The summed E-state index contributed by atoms with van der Waals surface area (Å²) >= 11 is 0. The Morgan fingerprint density at radius 2 is 1.39 bits per heavy atom. The molecule has 0 heterocycles. The molecule has 4 aromatic carbocycles. The van der Waals surface area contributed by atoms with Crippen LogP contribution in [-0.2, 0) is 32.6 Å².